The quantitative estimate of drug-likeness (QED) is 0.150. The van der Waals surface area contributed by atoms with E-state index in [1.807, 2.05) is 80.7 Å². The van der Waals surface area contributed by atoms with Crippen LogP contribution in [0.5, 0.6) is 0 Å². The Morgan fingerprint density at radius 2 is 1.43 bits per heavy atom. The molecule has 3 aromatic heterocycles. The Morgan fingerprint density at radius 3 is 2.22 bits per heavy atom. The van der Waals surface area contributed by atoms with Crippen LogP contribution in [0.1, 0.15) is 47.1 Å². The first-order valence-electron chi connectivity index (χ1n) is 18.0. The molecule has 0 saturated heterocycles. The maximum Gasteiger partial charge on any atom is 0.120 e. The van der Waals surface area contributed by atoms with Crippen LogP contribution >= 0.6 is 0 Å². The molecule has 8 rings (SSSR count). The summed E-state index contributed by atoms with van der Waals surface area (Å²) < 4.78 is 22.5. The molecule has 0 spiro atoms. The van der Waals surface area contributed by atoms with Gasteiger partial charge in [0.05, 0.1) is 5.58 Å². The standard InChI is InChI=1S/C26H22N.C21H18NO.Ir/c1-26(2,23-15-7-4-8-16-23)24-17-10-18-27-25(24)22-14-9-13-21(19-22)20-11-5-3-6-12-20;1-14(2)11-15-9-10-22-19(12-15)16-7-8-21-18(13-16)17-5-3-4-6-20(17)23-21;/h3-13,15-19H,1-2H3;3-6,8-10,12-14H,11H2,1-2H3;/q2*-1;/i;11D2;. The normalized spacial score (nSPS) is 12.1. The van der Waals surface area contributed by atoms with Gasteiger partial charge in [0, 0.05) is 46.0 Å². The van der Waals surface area contributed by atoms with Crippen molar-refractivity contribution in [2.45, 2.75) is 39.5 Å². The first kappa shape index (κ1) is 33.0. The van der Waals surface area contributed by atoms with Gasteiger partial charge in [0.2, 0.25) is 0 Å². The number of aromatic nitrogens is 2. The van der Waals surface area contributed by atoms with Crippen LogP contribution in [0.4, 0.5) is 0 Å². The average Bonchev–Trinajstić information content (AvgIpc) is 3.57. The molecule has 0 unspecified atom stereocenters. The molecule has 4 heteroatoms. The summed E-state index contributed by atoms with van der Waals surface area (Å²) in [7, 11) is 0. The summed E-state index contributed by atoms with van der Waals surface area (Å²) in [4.78, 5) is 9.17. The van der Waals surface area contributed by atoms with Gasteiger partial charge in [-0.3, -0.25) is 0 Å². The summed E-state index contributed by atoms with van der Waals surface area (Å²) in [6.07, 6.45) is 2.13. The number of nitrogens with zero attached hydrogens (tertiary/aromatic N) is 2. The predicted molar refractivity (Wildman–Crippen MR) is 207 cm³/mol. The molecule has 0 aliphatic carbocycles. The third-order valence-electron chi connectivity index (χ3n) is 8.94. The van der Waals surface area contributed by atoms with E-state index in [0.717, 1.165) is 38.8 Å². The number of furan rings is 1. The molecule has 1 radical (unpaired) electrons. The van der Waals surface area contributed by atoms with Gasteiger partial charge in [0.1, 0.15) is 5.58 Å². The number of fused-ring (bicyclic) bond motifs is 3. The van der Waals surface area contributed by atoms with Crippen molar-refractivity contribution < 1.29 is 27.3 Å². The van der Waals surface area contributed by atoms with Crippen molar-refractivity contribution in [1.29, 1.82) is 0 Å². The zero-order valence-corrected chi connectivity index (χ0v) is 31.5. The summed E-state index contributed by atoms with van der Waals surface area (Å²) in [6, 6.07) is 53.5. The molecule has 8 aromatic rings. The summed E-state index contributed by atoms with van der Waals surface area (Å²) in [5.41, 5.74) is 10.6. The summed E-state index contributed by atoms with van der Waals surface area (Å²) in [5, 5.41) is 2.07. The zero-order valence-electron chi connectivity index (χ0n) is 31.1. The smallest absolute Gasteiger partial charge is 0.120 e. The van der Waals surface area contributed by atoms with Crippen LogP contribution in [0.2, 0.25) is 0 Å². The van der Waals surface area contributed by atoms with Crippen molar-refractivity contribution in [3.8, 4) is 33.6 Å². The van der Waals surface area contributed by atoms with E-state index in [4.69, 9.17) is 12.1 Å². The molecule has 0 bridgehead atoms. The molecule has 0 amide bonds. The van der Waals surface area contributed by atoms with Gasteiger partial charge >= 0.3 is 0 Å². The van der Waals surface area contributed by atoms with E-state index in [9.17, 15) is 0 Å². The number of para-hydroxylation sites is 1. The van der Waals surface area contributed by atoms with E-state index in [1.54, 1.807) is 12.3 Å². The zero-order chi connectivity index (χ0) is 36.3. The second-order valence-electron chi connectivity index (χ2n) is 13.2. The van der Waals surface area contributed by atoms with Gasteiger partial charge < -0.3 is 14.4 Å². The third-order valence-corrected chi connectivity index (χ3v) is 8.94. The second-order valence-corrected chi connectivity index (χ2v) is 13.2. The molecule has 0 aliphatic rings. The Hall–Kier alpha value is -5.15. The monoisotopic (exact) mass is 843 g/mol. The largest absolute Gasteiger partial charge is 0.500 e. The maximum atomic E-state index is 8.31. The van der Waals surface area contributed by atoms with Crippen molar-refractivity contribution in [3.05, 3.63) is 181 Å². The summed E-state index contributed by atoms with van der Waals surface area (Å²) >= 11 is 0. The van der Waals surface area contributed by atoms with Crippen LogP contribution in [0.25, 0.3) is 55.6 Å². The Bertz CT molecular complexity index is 2460. The van der Waals surface area contributed by atoms with Crippen LogP contribution < -0.4 is 0 Å². The molecule has 0 fully saturated rings. The molecular weight excluding hydrogens is 801 g/mol. The first-order chi connectivity index (χ1) is 25.1. The van der Waals surface area contributed by atoms with E-state index in [0.29, 0.717) is 11.3 Å². The van der Waals surface area contributed by atoms with Crippen molar-refractivity contribution in [1.82, 2.24) is 9.97 Å². The first-order valence-corrected chi connectivity index (χ1v) is 17.0. The second kappa shape index (κ2) is 15.8. The molecule has 0 atom stereocenters. The molecule has 255 valence electrons. The molecule has 3 nitrogen and oxygen atoms in total. The third kappa shape index (κ3) is 7.94. The number of benzene rings is 5. The fraction of sp³-hybridized carbons (Fsp3) is 0.149. The predicted octanol–water partition coefficient (Wildman–Crippen LogP) is 12.2. The van der Waals surface area contributed by atoms with Crippen LogP contribution in [0, 0.1) is 18.1 Å². The Labute approximate surface area is 317 Å². The number of pyridine rings is 2. The summed E-state index contributed by atoms with van der Waals surface area (Å²) in [6.45, 7) is 8.28. The molecule has 0 N–H and O–H groups in total. The average molecular weight is 843 g/mol. The van der Waals surface area contributed by atoms with E-state index in [1.165, 1.54) is 22.3 Å². The fourth-order valence-corrected chi connectivity index (χ4v) is 6.37. The SMILES string of the molecule is CC(C)(c1ccccc1)c1cccnc1-c1[c-]ccc(-c2ccccc2)c1.[2H]C([2H])(c1ccnc(-c2[c-]cc3oc4ccccc4c3c2)c1)C(C)C.[Ir]. The van der Waals surface area contributed by atoms with Gasteiger partial charge in [0.15, 0.2) is 0 Å². The minimum atomic E-state index is -1.40. The van der Waals surface area contributed by atoms with Gasteiger partial charge in [-0.1, -0.05) is 135 Å². The molecule has 5 aromatic carbocycles. The van der Waals surface area contributed by atoms with E-state index in [-0.39, 0.29) is 31.4 Å². The molecular formula is C47H40IrN2O-2. The molecule has 3 heterocycles. The minimum absolute atomic E-state index is 0. The maximum absolute atomic E-state index is 8.31. The van der Waals surface area contributed by atoms with Crippen molar-refractivity contribution >= 4 is 21.9 Å². The van der Waals surface area contributed by atoms with Crippen LogP contribution in [0.15, 0.2) is 156 Å². The molecule has 0 aliphatic heterocycles. The number of hydrogen-bond donors (Lipinski definition) is 0. The fourth-order valence-electron chi connectivity index (χ4n) is 6.37. The molecule has 51 heavy (non-hydrogen) atoms. The Morgan fingerprint density at radius 1 is 0.686 bits per heavy atom. The number of rotatable bonds is 7. The van der Waals surface area contributed by atoms with Gasteiger partial charge in [-0.15, -0.1) is 59.2 Å². The van der Waals surface area contributed by atoms with E-state index >= 15 is 0 Å². The Kier molecular flexibility index (Phi) is 10.2. The van der Waals surface area contributed by atoms with Gasteiger partial charge in [-0.25, -0.2) is 0 Å². The van der Waals surface area contributed by atoms with E-state index in [2.05, 4.69) is 104 Å². The van der Waals surface area contributed by atoms with Crippen LogP contribution in [0.3, 0.4) is 0 Å². The topological polar surface area (TPSA) is 38.9 Å². The van der Waals surface area contributed by atoms with Gasteiger partial charge in [0.25, 0.3) is 0 Å². The minimum Gasteiger partial charge on any atom is -0.500 e. The van der Waals surface area contributed by atoms with E-state index < -0.39 is 6.37 Å². The Balaban J connectivity index is 0.000000178. The van der Waals surface area contributed by atoms with Crippen LogP contribution in [-0.2, 0) is 31.9 Å². The van der Waals surface area contributed by atoms with Crippen molar-refractivity contribution in [3.63, 3.8) is 0 Å². The summed E-state index contributed by atoms with van der Waals surface area (Å²) in [5.74, 6) is -0.118. The van der Waals surface area contributed by atoms with Crippen molar-refractivity contribution in [2.24, 2.45) is 5.92 Å². The van der Waals surface area contributed by atoms with Crippen LogP contribution in [-0.4, -0.2) is 9.97 Å². The van der Waals surface area contributed by atoms with Crippen molar-refractivity contribution in [2.75, 3.05) is 0 Å². The number of hydrogen-bond acceptors (Lipinski definition) is 3. The van der Waals surface area contributed by atoms with Gasteiger partial charge in [-0.05, 0) is 53.0 Å². The van der Waals surface area contributed by atoms with Gasteiger partial charge in [-0.2, -0.15) is 0 Å². The molecule has 0 saturated carbocycles.